The largest absolute Gasteiger partial charge is 0.379 e. The topological polar surface area (TPSA) is 143 Å². The van der Waals surface area contributed by atoms with Crippen molar-refractivity contribution in [3.8, 4) is 0 Å². The van der Waals surface area contributed by atoms with Gasteiger partial charge in [-0.25, -0.2) is 0 Å². The first kappa shape index (κ1) is 32.5. The Morgan fingerprint density at radius 1 is 0.974 bits per heavy atom. The Hall–Kier alpha value is -3.57. The van der Waals surface area contributed by atoms with Crippen LogP contribution in [0.25, 0.3) is 0 Å². The number of anilines is 1. The van der Waals surface area contributed by atoms with Crippen molar-refractivity contribution in [3.63, 3.8) is 0 Å². The van der Waals surface area contributed by atoms with Crippen molar-refractivity contribution in [1.29, 1.82) is 0 Å². The van der Waals surface area contributed by atoms with E-state index in [4.69, 9.17) is 9.47 Å². The molecule has 1 aromatic carbocycles. The number of carbonyl (C=O) groups is 5. The van der Waals surface area contributed by atoms with Gasteiger partial charge in [0.15, 0.2) is 0 Å². The summed E-state index contributed by atoms with van der Waals surface area (Å²) in [5.74, 6) is -1.62. The fourth-order valence-corrected chi connectivity index (χ4v) is 3.13. The average molecular weight is 533 g/mol. The van der Waals surface area contributed by atoms with Gasteiger partial charge in [-0.15, -0.1) is 0 Å². The lowest BCUT2D eigenvalue weighted by Gasteiger charge is -2.21. The summed E-state index contributed by atoms with van der Waals surface area (Å²) in [5, 5.41) is 8.00. The lowest BCUT2D eigenvalue weighted by Crippen LogP contribution is -2.51. The number of nitrogens with zero attached hydrogens (tertiary/aromatic N) is 1. The number of carbonyl (C=O) groups excluding carboxylic acids is 5. The maximum atomic E-state index is 12.6. The van der Waals surface area contributed by atoms with Crippen LogP contribution in [0.4, 0.5) is 5.69 Å². The smallest absolute Gasteiger partial charge is 0.246 e. The van der Waals surface area contributed by atoms with E-state index in [2.05, 4.69) is 16.0 Å². The fraction of sp³-hybridized carbons (Fsp3) is 0.519. The zero-order valence-electron chi connectivity index (χ0n) is 22.7. The fourth-order valence-electron chi connectivity index (χ4n) is 3.13. The zero-order chi connectivity index (χ0) is 28.3. The van der Waals surface area contributed by atoms with Crippen molar-refractivity contribution in [3.05, 3.63) is 42.0 Å². The van der Waals surface area contributed by atoms with E-state index in [1.54, 1.807) is 20.9 Å². The highest BCUT2D eigenvalue weighted by atomic mass is 16.5. The second-order valence-electron chi connectivity index (χ2n) is 8.84. The van der Waals surface area contributed by atoms with Crippen molar-refractivity contribution >= 4 is 35.6 Å². The first-order valence-electron chi connectivity index (χ1n) is 12.7. The Morgan fingerprint density at radius 2 is 1.63 bits per heavy atom. The van der Waals surface area contributed by atoms with E-state index in [0.29, 0.717) is 25.1 Å². The van der Waals surface area contributed by atoms with E-state index in [9.17, 15) is 24.0 Å². The van der Waals surface area contributed by atoms with Crippen molar-refractivity contribution in [2.45, 2.75) is 39.7 Å². The molecule has 4 amide bonds. The van der Waals surface area contributed by atoms with E-state index >= 15 is 0 Å². The van der Waals surface area contributed by atoms with Gasteiger partial charge in [0, 0.05) is 31.8 Å². The zero-order valence-corrected chi connectivity index (χ0v) is 22.7. The van der Waals surface area contributed by atoms with Gasteiger partial charge in [-0.1, -0.05) is 32.9 Å². The number of hydrogen-bond donors (Lipinski definition) is 3. The molecule has 0 heterocycles. The molecule has 210 valence electrons. The molecule has 0 aliphatic carbocycles. The summed E-state index contributed by atoms with van der Waals surface area (Å²) < 4.78 is 10.8. The highest BCUT2D eigenvalue weighted by Crippen LogP contribution is 2.09. The Bertz CT molecular complexity index is 932. The minimum Gasteiger partial charge on any atom is -0.379 e. The standard InChI is InChI=1S/C27H40N4O7/c1-5-21-8-10-22(11-9-21)29-24(34)19-28-27(36)26(20(2)3)30-23(33)12-15-37-17-18-38-16-13-31(4)25(35)7-6-14-32/h6-11,14,20,26H,5,12-13,15-19H2,1-4H3,(H,28,36)(H,29,34)(H,30,33)/b7-6-. The van der Waals surface area contributed by atoms with E-state index in [1.165, 1.54) is 11.0 Å². The molecule has 11 heteroatoms. The number of aldehydes is 1. The van der Waals surface area contributed by atoms with Gasteiger partial charge in [0.25, 0.3) is 0 Å². The third-order valence-electron chi connectivity index (χ3n) is 5.44. The first-order valence-corrected chi connectivity index (χ1v) is 12.7. The molecule has 0 spiro atoms. The van der Waals surface area contributed by atoms with Crippen LogP contribution in [0.3, 0.4) is 0 Å². The van der Waals surface area contributed by atoms with Crippen LogP contribution in [0.15, 0.2) is 36.4 Å². The molecule has 1 aromatic rings. The Morgan fingerprint density at radius 3 is 2.24 bits per heavy atom. The molecule has 1 unspecified atom stereocenters. The number of amides is 4. The highest BCUT2D eigenvalue weighted by molar-refractivity contribution is 5.96. The van der Waals surface area contributed by atoms with Crippen LogP contribution in [0.5, 0.6) is 0 Å². The maximum Gasteiger partial charge on any atom is 0.246 e. The van der Waals surface area contributed by atoms with E-state index in [1.807, 2.05) is 31.2 Å². The molecule has 11 nitrogen and oxygen atoms in total. The lowest BCUT2D eigenvalue weighted by molar-refractivity contribution is -0.131. The van der Waals surface area contributed by atoms with Crippen molar-refractivity contribution in [1.82, 2.24) is 15.5 Å². The summed E-state index contributed by atoms with van der Waals surface area (Å²) in [7, 11) is 1.60. The summed E-state index contributed by atoms with van der Waals surface area (Å²) in [6, 6.07) is 6.68. The van der Waals surface area contributed by atoms with Gasteiger partial charge in [-0.3, -0.25) is 24.0 Å². The minimum atomic E-state index is -0.788. The first-order chi connectivity index (χ1) is 18.2. The molecule has 0 aliphatic heterocycles. The van der Waals surface area contributed by atoms with Crippen molar-refractivity contribution < 1.29 is 33.4 Å². The SMILES string of the molecule is CCc1ccc(NC(=O)CNC(=O)C(NC(=O)CCOCCOCCN(C)C(=O)/C=C\C=O)C(C)C)cc1. The quantitative estimate of drug-likeness (QED) is 0.146. The van der Waals surface area contributed by atoms with E-state index in [-0.39, 0.29) is 56.4 Å². The average Bonchev–Trinajstić information content (AvgIpc) is 2.90. The van der Waals surface area contributed by atoms with Crippen LogP contribution >= 0.6 is 0 Å². The Balaban J connectivity index is 2.25. The van der Waals surface area contributed by atoms with Crippen LogP contribution < -0.4 is 16.0 Å². The van der Waals surface area contributed by atoms with Crippen LogP contribution in [0, 0.1) is 5.92 Å². The normalized spacial score (nSPS) is 11.7. The third kappa shape index (κ3) is 13.7. The van der Waals surface area contributed by atoms with Gasteiger partial charge < -0.3 is 30.3 Å². The van der Waals surface area contributed by atoms with E-state index in [0.717, 1.165) is 18.1 Å². The van der Waals surface area contributed by atoms with Gasteiger partial charge >= 0.3 is 0 Å². The minimum absolute atomic E-state index is 0.0606. The summed E-state index contributed by atoms with van der Waals surface area (Å²) in [6.45, 7) is 6.80. The summed E-state index contributed by atoms with van der Waals surface area (Å²) in [5.41, 5.74) is 1.80. The van der Waals surface area contributed by atoms with Crippen LogP contribution in [-0.4, -0.2) is 87.4 Å². The number of likely N-dealkylation sites (N-methyl/N-ethyl adjacent to an activating group) is 1. The Labute approximate surface area is 224 Å². The van der Waals surface area contributed by atoms with Gasteiger partial charge in [0.05, 0.1) is 33.0 Å². The number of allylic oxidation sites excluding steroid dienone is 1. The molecule has 0 saturated heterocycles. The second-order valence-corrected chi connectivity index (χ2v) is 8.84. The lowest BCUT2D eigenvalue weighted by atomic mass is 10.0. The molecule has 0 saturated carbocycles. The predicted molar refractivity (Wildman–Crippen MR) is 143 cm³/mol. The third-order valence-corrected chi connectivity index (χ3v) is 5.44. The molecule has 38 heavy (non-hydrogen) atoms. The summed E-state index contributed by atoms with van der Waals surface area (Å²) in [6.07, 6.45) is 3.81. The van der Waals surface area contributed by atoms with Crippen LogP contribution in [-0.2, 0) is 39.9 Å². The molecule has 3 N–H and O–H groups in total. The molecular weight excluding hydrogens is 492 g/mol. The molecular formula is C27H40N4O7. The van der Waals surface area contributed by atoms with Crippen molar-refractivity contribution in [2.75, 3.05) is 51.9 Å². The van der Waals surface area contributed by atoms with Crippen molar-refractivity contribution in [2.24, 2.45) is 5.92 Å². The van der Waals surface area contributed by atoms with Crippen LogP contribution in [0.1, 0.15) is 32.8 Å². The molecule has 1 atom stereocenters. The van der Waals surface area contributed by atoms with E-state index < -0.39 is 11.9 Å². The Kier molecular flexibility index (Phi) is 15.9. The molecule has 0 radical (unpaired) electrons. The molecule has 0 fully saturated rings. The number of aryl methyl sites for hydroxylation is 1. The van der Waals surface area contributed by atoms with Gasteiger partial charge in [0.2, 0.25) is 23.6 Å². The summed E-state index contributed by atoms with van der Waals surface area (Å²) >= 11 is 0. The molecule has 1 rings (SSSR count). The van der Waals surface area contributed by atoms with Gasteiger partial charge in [0.1, 0.15) is 12.3 Å². The van der Waals surface area contributed by atoms with Crippen LogP contribution in [0.2, 0.25) is 0 Å². The number of benzene rings is 1. The maximum absolute atomic E-state index is 12.6. The highest BCUT2D eigenvalue weighted by Gasteiger charge is 2.24. The molecule has 0 bridgehead atoms. The number of rotatable bonds is 18. The van der Waals surface area contributed by atoms with Gasteiger partial charge in [-0.2, -0.15) is 0 Å². The second kappa shape index (κ2) is 18.6. The summed E-state index contributed by atoms with van der Waals surface area (Å²) in [4.78, 5) is 60.3. The predicted octanol–water partition coefficient (Wildman–Crippen LogP) is 1.08. The number of nitrogens with one attached hydrogen (secondary N) is 3. The number of hydrogen-bond acceptors (Lipinski definition) is 7. The number of ether oxygens (including phenoxy) is 2. The molecule has 0 aliphatic rings. The van der Waals surface area contributed by atoms with Gasteiger partial charge in [-0.05, 0) is 36.1 Å². The monoisotopic (exact) mass is 532 g/mol. The molecule has 0 aromatic heterocycles.